The lowest BCUT2D eigenvalue weighted by atomic mass is 10.1. The van der Waals surface area contributed by atoms with Crippen LogP contribution in [0.4, 0.5) is 0 Å². The van der Waals surface area contributed by atoms with Gasteiger partial charge in [0, 0.05) is 11.8 Å². The molecule has 1 aliphatic rings. The minimum atomic E-state index is 0.314. The molecule has 3 nitrogen and oxygen atoms in total. The van der Waals surface area contributed by atoms with Gasteiger partial charge in [-0.3, -0.25) is 4.90 Å². The van der Waals surface area contributed by atoms with E-state index in [2.05, 4.69) is 46.7 Å². The summed E-state index contributed by atoms with van der Waals surface area (Å²) in [7, 11) is 2.17. The van der Waals surface area contributed by atoms with Gasteiger partial charge in [-0.25, -0.2) is 0 Å². The number of nitrogens with zero attached hydrogens (tertiary/aromatic N) is 3. The summed E-state index contributed by atoms with van der Waals surface area (Å²) < 4.78 is 9.08. The highest BCUT2D eigenvalue weighted by Gasteiger charge is 2.24. The normalized spacial score (nSPS) is 21.7. The molecule has 0 radical (unpaired) electrons. The van der Waals surface area contributed by atoms with Crippen LogP contribution >= 0.6 is 23.5 Å². The van der Waals surface area contributed by atoms with Crippen LogP contribution in [-0.2, 0) is 0 Å². The largest absolute Gasteiger partial charge is 0.294 e. The zero-order valence-corrected chi connectivity index (χ0v) is 13.6. The second-order valence-electron chi connectivity index (χ2n) is 5.03. The molecule has 0 bridgehead atoms. The highest BCUT2D eigenvalue weighted by molar-refractivity contribution is 8.00. The van der Waals surface area contributed by atoms with Crippen LogP contribution in [0.2, 0.25) is 0 Å². The molecular formula is C14H23N3S2. The number of rotatable bonds is 6. The second-order valence-corrected chi connectivity index (χ2v) is 6.85. The molecule has 1 aromatic rings. The van der Waals surface area contributed by atoms with Gasteiger partial charge in [-0.1, -0.05) is 44.2 Å². The summed E-state index contributed by atoms with van der Waals surface area (Å²) in [5, 5.41) is 1.82. The average molecular weight is 297 g/mol. The van der Waals surface area contributed by atoms with Gasteiger partial charge in [0.25, 0.3) is 0 Å². The lowest BCUT2D eigenvalue weighted by molar-refractivity contribution is 0.273. The average Bonchev–Trinajstić information content (AvgIpc) is 2.87. The highest BCUT2D eigenvalue weighted by Crippen LogP contribution is 2.35. The van der Waals surface area contributed by atoms with Gasteiger partial charge in [-0.15, -0.1) is 0 Å². The molecule has 5 heteroatoms. The molecule has 106 valence electrons. The first-order valence-electron chi connectivity index (χ1n) is 7.12. The predicted molar refractivity (Wildman–Crippen MR) is 83.9 cm³/mol. The standard InChI is InChI=1S/C14H23N3S2/c1-4-8-11(5-2)18-14-13(15-19-16-14)12-9-6-7-10-17(12)3/h6,9,11-12H,4-5,7-8,10H2,1-3H3. The van der Waals surface area contributed by atoms with Crippen LogP contribution in [0.25, 0.3) is 0 Å². The van der Waals surface area contributed by atoms with Crippen molar-refractivity contribution in [2.45, 2.75) is 55.8 Å². The zero-order valence-electron chi connectivity index (χ0n) is 12.0. The van der Waals surface area contributed by atoms with Gasteiger partial charge < -0.3 is 0 Å². The van der Waals surface area contributed by atoms with Gasteiger partial charge in [0.1, 0.15) is 10.7 Å². The first-order valence-corrected chi connectivity index (χ1v) is 8.73. The summed E-state index contributed by atoms with van der Waals surface area (Å²) in [6, 6.07) is 0.314. The van der Waals surface area contributed by atoms with Gasteiger partial charge in [0.2, 0.25) is 0 Å². The third kappa shape index (κ3) is 3.80. The maximum Gasteiger partial charge on any atom is 0.135 e. The van der Waals surface area contributed by atoms with Crippen LogP contribution in [0.5, 0.6) is 0 Å². The molecule has 0 aromatic carbocycles. The quantitative estimate of drug-likeness (QED) is 0.583. The fourth-order valence-corrected chi connectivity index (χ4v) is 4.31. The summed E-state index contributed by atoms with van der Waals surface area (Å²) in [6.45, 7) is 5.62. The van der Waals surface area contributed by atoms with E-state index in [9.17, 15) is 0 Å². The maximum absolute atomic E-state index is 4.55. The van der Waals surface area contributed by atoms with Gasteiger partial charge in [0.15, 0.2) is 0 Å². The van der Waals surface area contributed by atoms with E-state index in [0.717, 1.165) is 23.7 Å². The van der Waals surface area contributed by atoms with Gasteiger partial charge in [-0.2, -0.15) is 8.75 Å². The van der Waals surface area contributed by atoms with Gasteiger partial charge in [-0.05, 0) is 26.3 Å². The number of thioether (sulfide) groups is 1. The Morgan fingerprint density at radius 3 is 3.00 bits per heavy atom. The molecule has 0 amide bonds. The third-order valence-electron chi connectivity index (χ3n) is 3.55. The van der Waals surface area contributed by atoms with Crippen LogP contribution in [0.15, 0.2) is 17.2 Å². The molecule has 0 aliphatic carbocycles. The first-order chi connectivity index (χ1) is 9.26. The van der Waals surface area contributed by atoms with E-state index >= 15 is 0 Å². The molecule has 0 saturated carbocycles. The van der Waals surface area contributed by atoms with Crippen molar-refractivity contribution in [3.05, 3.63) is 17.8 Å². The predicted octanol–water partition coefficient (Wildman–Crippen LogP) is 4.14. The van der Waals surface area contributed by atoms with Crippen molar-refractivity contribution in [2.24, 2.45) is 0 Å². The van der Waals surface area contributed by atoms with Crippen LogP contribution < -0.4 is 0 Å². The molecule has 2 unspecified atom stereocenters. The fraction of sp³-hybridized carbons (Fsp3) is 0.714. The monoisotopic (exact) mass is 297 g/mol. The zero-order chi connectivity index (χ0) is 13.7. The Morgan fingerprint density at radius 1 is 1.47 bits per heavy atom. The van der Waals surface area contributed by atoms with Crippen molar-refractivity contribution in [1.29, 1.82) is 0 Å². The van der Waals surface area contributed by atoms with Crippen molar-refractivity contribution in [3.8, 4) is 0 Å². The maximum atomic E-state index is 4.55. The minimum absolute atomic E-state index is 0.314. The van der Waals surface area contributed by atoms with E-state index < -0.39 is 0 Å². The van der Waals surface area contributed by atoms with Crippen LogP contribution in [0, 0.1) is 0 Å². The van der Waals surface area contributed by atoms with E-state index in [0.29, 0.717) is 11.3 Å². The molecule has 19 heavy (non-hydrogen) atoms. The third-order valence-corrected chi connectivity index (χ3v) is 5.63. The van der Waals surface area contributed by atoms with Crippen molar-refractivity contribution in [1.82, 2.24) is 13.6 Å². The van der Waals surface area contributed by atoms with Gasteiger partial charge >= 0.3 is 0 Å². The van der Waals surface area contributed by atoms with Crippen molar-refractivity contribution >= 4 is 23.5 Å². The molecule has 0 saturated heterocycles. The molecule has 2 rings (SSSR count). The van der Waals surface area contributed by atoms with Crippen molar-refractivity contribution < 1.29 is 0 Å². The molecule has 2 atom stereocenters. The fourth-order valence-electron chi connectivity index (χ4n) is 2.37. The molecule has 2 heterocycles. The van der Waals surface area contributed by atoms with E-state index in [1.165, 1.54) is 31.0 Å². The second kappa shape index (κ2) is 7.41. The number of aromatic nitrogens is 2. The van der Waals surface area contributed by atoms with Gasteiger partial charge in [0.05, 0.1) is 17.8 Å². The molecule has 1 aromatic heterocycles. The Hall–Kier alpha value is -0.390. The first kappa shape index (κ1) is 15.0. The molecule has 0 N–H and O–H groups in total. The van der Waals surface area contributed by atoms with E-state index in [1.807, 2.05) is 11.8 Å². The van der Waals surface area contributed by atoms with Crippen molar-refractivity contribution in [3.63, 3.8) is 0 Å². The summed E-state index contributed by atoms with van der Waals surface area (Å²) in [5.41, 5.74) is 1.16. The summed E-state index contributed by atoms with van der Waals surface area (Å²) in [6.07, 6.45) is 9.37. The topological polar surface area (TPSA) is 29.0 Å². The Labute approximate surface area is 124 Å². The molecule has 0 spiro atoms. The van der Waals surface area contributed by atoms with Crippen LogP contribution in [0.3, 0.4) is 0 Å². The Kier molecular flexibility index (Phi) is 5.85. The van der Waals surface area contributed by atoms with Crippen LogP contribution in [0.1, 0.15) is 51.3 Å². The number of hydrogen-bond acceptors (Lipinski definition) is 5. The lowest BCUT2D eigenvalue weighted by Crippen LogP contribution is -2.27. The summed E-state index contributed by atoms with van der Waals surface area (Å²) in [5.74, 6) is 0. The lowest BCUT2D eigenvalue weighted by Gasteiger charge is -2.27. The van der Waals surface area contributed by atoms with E-state index in [1.54, 1.807) is 0 Å². The van der Waals surface area contributed by atoms with E-state index in [-0.39, 0.29) is 0 Å². The highest BCUT2D eigenvalue weighted by atomic mass is 32.2. The summed E-state index contributed by atoms with van der Waals surface area (Å²) >= 11 is 3.27. The number of hydrogen-bond donors (Lipinski definition) is 0. The van der Waals surface area contributed by atoms with E-state index in [4.69, 9.17) is 0 Å². The smallest absolute Gasteiger partial charge is 0.135 e. The molecule has 0 fully saturated rings. The SMILES string of the molecule is CCCC(CC)Sc1nsnc1C1C=CCCN1C. The molecule has 1 aliphatic heterocycles. The minimum Gasteiger partial charge on any atom is -0.294 e. The Bertz CT molecular complexity index is 417. The number of likely N-dealkylation sites (N-methyl/N-ethyl adjacent to an activating group) is 1. The summed E-state index contributed by atoms with van der Waals surface area (Å²) in [4.78, 5) is 2.36. The van der Waals surface area contributed by atoms with Crippen molar-refractivity contribution in [2.75, 3.05) is 13.6 Å². The Morgan fingerprint density at radius 2 is 2.32 bits per heavy atom. The molecular weight excluding hydrogens is 274 g/mol. The Balaban J connectivity index is 2.12. The van der Waals surface area contributed by atoms with Crippen LogP contribution in [-0.4, -0.2) is 32.5 Å².